The van der Waals surface area contributed by atoms with Gasteiger partial charge in [0.1, 0.15) is 5.41 Å². The number of rotatable bonds is 4. The van der Waals surface area contributed by atoms with E-state index in [1.54, 1.807) is 26.4 Å². The van der Waals surface area contributed by atoms with Crippen LogP contribution in [0.25, 0.3) is 0 Å². The molecular formula is C13H16N2O3. The molecule has 1 saturated heterocycles. The molecule has 96 valence electrons. The summed E-state index contributed by atoms with van der Waals surface area (Å²) >= 11 is 0. The van der Waals surface area contributed by atoms with Crippen molar-refractivity contribution in [1.29, 1.82) is 5.26 Å². The first kappa shape index (κ1) is 12.7. The fourth-order valence-corrected chi connectivity index (χ4v) is 2.00. The largest absolute Gasteiger partial charge is 0.493 e. The number of nitrogens with two attached hydrogens (primary N) is 1. The number of ether oxygens (including phenoxy) is 3. The summed E-state index contributed by atoms with van der Waals surface area (Å²) in [4.78, 5) is 0. The third-order valence-electron chi connectivity index (χ3n) is 3.30. The maximum Gasteiger partial charge on any atom is 0.161 e. The molecule has 1 atom stereocenters. The molecule has 1 fully saturated rings. The molecule has 1 aromatic rings. The summed E-state index contributed by atoms with van der Waals surface area (Å²) < 4.78 is 15.5. The zero-order valence-corrected chi connectivity index (χ0v) is 10.5. The maximum atomic E-state index is 9.23. The second kappa shape index (κ2) is 4.84. The molecule has 1 unspecified atom stereocenters. The third-order valence-corrected chi connectivity index (χ3v) is 3.30. The van der Waals surface area contributed by atoms with Gasteiger partial charge in [0.2, 0.25) is 0 Å². The molecular weight excluding hydrogens is 232 g/mol. The second-order valence-corrected chi connectivity index (χ2v) is 4.35. The van der Waals surface area contributed by atoms with E-state index in [0.29, 0.717) is 24.7 Å². The van der Waals surface area contributed by atoms with Gasteiger partial charge in [-0.25, -0.2) is 0 Å². The molecule has 0 bridgehead atoms. The number of methoxy groups -OCH3 is 2. The Labute approximate surface area is 106 Å². The standard InChI is InChI=1S/C13H16N2O3/c1-16-10-4-3-9(5-11(10)17-2)12(15)13(6-14)7-18-8-13/h3-5,12H,7-8,15H2,1-2H3. The quantitative estimate of drug-likeness (QED) is 0.867. The molecule has 1 aliphatic rings. The van der Waals surface area contributed by atoms with Gasteiger partial charge in [-0.2, -0.15) is 5.26 Å². The van der Waals surface area contributed by atoms with Crippen LogP contribution < -0.4 is 15.2 Å². The van der Waals surface area contributed by atoms with Crippen LogP contribution in [0.15, 0.2) is 18.2 Å². The van der Waals surface area contributed by atoms with E-state index in [1.807, 2.05) is 6.07 Å². The molecule has 1 heterocycles. The molecule has 0 radical (unpaired) electrons. The van der Waals surface area contributed by atoms with Crippen LogP contribution in [0.5, 0.6) is 11.5 Å². The van der Waals surface area contributed by atoms with Crippen molar-refractivity contribution >= 4 is 0 Å². The fourth-order valence-electron chi connectivity index (χ4n) is 2.00. The van der Waals surface area contributed by atoms with E-state index in [4.69, 9.17) is 19.9 Å². The number of nitriles is 1. The summed E-state index contributed by atoms with van der Waals surface area (Å²) in [5, 5.41) is 9.23. The number of hydrogen-bond donors (Lipinski definition) is 1. The van der Waals surface area contributed by atoms with Gasteiger partial charge < -0.3 is 19.9 Å². The Bertz CT molecular complexity index is 478. The number of benzene rings is 1. The van der Waals surface area contributed by atoms with Gasteiger partial charge in [0.25, 0.3) is 0 Å². The van der Waals surface area contributed by atoms with Crippen LogP contribution in [0.2, 0.25) is 0 Å². The number of nitrogens with zero attached hydrogens (tertiary/aromatic N) is 1. The average Bonchev–Trinajstić information content (AvgIpc) is 2.37. The Morgan fingerprint density at radius 1 is 1.33 bits per heavy atom. The van der Waals surface area contributed by atoms with Gasteiger partial charge in [-0.05, 0) is 17.7 Å². The van der Waals surface area contributed by atoms with Gasteiger partial charge in [-0.15, -0.1) is 0 Å². The van der Waals surface area contributed by atoms with E-state index in [2.05, 4.69) is 6.07 Å². The predicted octanol–water partition coefficient (Wildman–Crippen LogP) is 1.24. The highest BCUT2D eigenvalue weighted by atomic mass is 16.5. The summed E-state index contributed by atoms with van der Waals surface area (Å²) in [7, 11) is 3.15. The Balaban J connectivity index is 2.31. The summed E-state index contributed by atoms with van der Waals surface area (Å²) in [5.74, 6) is 1.25. The molecule has 0 spiro atoms. The Kier molecular flexibility index (Phi) is 3.41. The molecule has 1 aromatic carbocycles. The van der Waals surface area contributed by atoms with Crippen LogP contribution in [0.1, 0.15) is 11.6 Å². The Morgan fingerprint density at radius 3 is 2.44 bits per heavy atom. The van der Waals surface area contributed by atoms with Crippen molar-refractivity contribution in [3.63, 3.8) is 0 Å². The van der Waals surface area contributed by atoms with Crippen LogP contribution >= 0.6 is 0 Å². The van der Waals surface area contributed by atoms with Crippen LogP contribution in [0.4, 0.5) is 0 Å². The first-order valence-corrected chi connectivity index (χ1v) is 5.63. The van der Waals surface area contributed by atoms with Crippen LogP contribution in [0, 0.1) is 16.7 Å². The van der Waals surface area contributed by atoms with Crippen LogP contribution in [-0.2, 0) is 4.74 Å². The van der Waals surface area contributed by atoms with Crippen molar-refractivity contribution in [2.75, 3.05) is 27.4 Å². The van der Waals surface area contributed by atoms with Crippen LogP contribution in [0.3, 0.4) is 0 Å². The molecule has 18 heavy (non-hydrogen) atoms. The highest BCUT2D eigenvalue weighted by Gasteiger charge is 2.45. The lowest BCUT2D eigenvalue weighted by Crippen LogP contribution is -2.49. The molecule has 5 heteroatoms. The van der Waals surface area contributed by atoms with E-state index < -0.39 is 11.5 Å². The fraction of sp³-hybridized carbons (Fsp3) is 0.462. The summed E-state index contributed by atoms with van der Waals surface area (Å²) in [6, 6.07) is 7.31. The first-order valence-electron chi connectivity index (χ1n) is 5.63. The van der Waals surface area contributed by atoms with Gasteiger partial charge in [0.05, 0.1) is 39.5 Å². The molecule has 5 nitrogen and oxygen atoms in total. The van der Waals surface area contributed by atoms with Crippen molar-refractivity contribution < 1.29 is 14.2 Å². The minimum absolute atomic E-state index is 0.374. The van der Waals surface area contributed by atoms with Gasteiger partial charge >= 0.3 is 0 Å². The van der Waals surface area contributed by atoms with Gasteiger partial charge in [0, 0.05) is 0 Å². The third kappa shape index (κ3) is 1.90. The first-order chi connectivity index (χ1) is 8.66. The van der Waals surface area contributed by atoms with E-state index in [0.717, 1.165) is 5.56 Å². The molecule has 2 N–H and O–H groups in total. The van der Waals surface area contributed by atoms with Crippen molar-refractivity contribution in [2.24, 2.45) is 11.1 Å². The summed E-state index contributed by atoms with van der Waals surface area (Å²) in [5.41, 5.74) is 6.38. The van der Waals surface area contributed by atoms with E-state index in [-0.39, 0.29) is 0 Å². The highest BCUT2D eigenvalue weighted by Crippen LogP contribution is 2.40. The topological polar surface area (TPSA) is 77.5 Å². The lowest BCUT2D eigenvalue weighted by molar-refractivity contribution is -0.0910. The minimum atomic E-state index is -0.625. The maximum absolute atomic E-state index is 9.23. The van der Waals surface area contributed by atoms with Crippen molar-refractivity contribution in [2.45, 2.75) is 6.04 Å². The molecule has 0 amide bonds. The molecule has 0 aromatic heterocycles. The SMILES string of the molecule is COc1ccc(C(N)C2(C#N)COC2)cc1OC. The van der Waals surface area contributed by atoms with Crippen molar-refractivity contribution in [3.8, 4) is 17.6 Å². The van der Waals surface area contributed by atoms with Gasteiger partial charge in [-0.3, -0.25) is 0 Å². The lowest BCUT2D eigenvalue weighted by Gasteiger charge is -2.39. The van der Waals surface area contributed by atoms with E-state index >= 15 is 0 Å². The van der Waals surface area contributed by atoms with Gasteiger partial charge in [0.15, 0.2) is 11.5 Å². The molecule has 1 aliphatic heterocycles. The molecule has 2 rings (SSSR count). The van der Waals surface area contributed by atoms with E-state index in [9.17, 15) is 5.26 Å². The summed E-state index contributed by atoms with van der Waals surface area (Å²) in [6.07, 6.45) is 0. The summed E-state index contributed by atoms with van der Waals surface area (Å²) in [6.45, 7) is 0.748. The predicted molar refractivity (Wildman–Crippen MR) is 65.3 cm³/mol. The van der Waals surface area contributed by atoms with E-state index in [1.165, 1.54) is 0 Å². The zero-order valence-electron chi connectivity index (χ0n) is 10.5. The Hall–Kier alpha value is -1.77. The lowest BCUT2D eigenvalue weighted by atomic mass is 9.77. The van der Waals surface area contributed by atoms with Gasteiger partial charge in [-0.1, -0.05) is 6.07 Å². The van der Waals surface area contributed by atoms with Crippen molar-refractivity contribution in [1.82, 2.24) is 0 Å². The minimum Gasteiger partial charge on any atom is -0.493 e. The average molecular weight is 248 g/mol. The molecule has 0 saturated carbocycles. The number of hydrogen-bond acceptors (Lipinski definition) is 5. The highest BCUT2D eigenvalue weighted by molar-refractivity contribution is 5.44. The second-order valence-electron chi connectivity index (χ2n) is 4.35. The normalized spacial score (nSPS) is 18.3. The Morgan fingerprint density at radius 2 is 2.00 bits per heavy atom. The van der Waals surface area contributed by atoms with Crippen molar-refractivity contribution in [3.05, 3.63) is 23.8 Å². The zero-order chi connectivity index (χ0) is 13.2. The van der Waals surface area contributed by atoms with Crippen LogP contribution in [-0.4, -0.2) is 27.4 Å². The monoisotopic (exact) mass is 248 g/mol. The smallest absolute Gasteiger partial charge is 0.161 e. The molecule has 0 aliphatic carbocycles.